The number of likely N-dealkylation sites (N-methyl/N-ethyl adjacent to an activating group) is 1. The number of hydrogen-bond donors (Lipinski definition) is 2. The van der Waals surface area contributed by atoms with Crippen molar-refractivity contribution in [2.24, 2.45) is 0 Å². The van der Waals surface area contributed by atoms with Gasteiger partial charge in [0.25, 0.3) is 0 Å². The number of fused-ring (bicyclic) bond motifs is 1. The number of nitrogens with one attached hydrogen (secondary N) is 2. The average Bonchev–Trinajstić information content (AvgIpc) is 3.46. The van der Waals surface area contributed by atoms with E-state index in [2.05, 4.69) is 54.5 Å². The van der Waals surface area contributed by atoms with E-state index in [0.717, 1.165) is 41.3 Å². The molecule has 1 atom stereocenters. The quantitative estimate of drug-likeness (QED) is 0.261. The van der Waals surface area contributed by atoms with Gasteiger partial charge in [0, 0.05) is 56.5 Å². The molecule has 2 N–H and O–H groups in total. The van der Waals surface area contributed by atoms with Gasteiger partial charge in [-0.15, -0.1) is 0 Å². The standard InChI is InChI=1S/C29H34F3N9O3S/c1-17-13-22(24(44-5)14-23(17)41-12-9-18(16-41)39(2)3)37-28-35-15-19(29(30,31)32)27(38-28)36-21-8-7-20-25(34-11-10-33-20)26(21)40(4)45(6,42)43/h7-8,10-11,13-15,18H,9,12,16H2,1-6H3,(H2,35,36,37,38). The zero-order valence-corrected chi connectivity index (χ0v) is 26.5. The molecule has 5 rings (SSSR count). The van der Waals surface area contributed by atoms with E-state index in [9.17, 15) is 21.6 Å². The van der Waals surface area contributed by atoms with Crippen molar-refractivity contribution < 1.29 is 26.3 Å². The van der Waals surface area contributed by atoms with Gasteiger partial charge in [-0.2, -0.15) is 18.2 Å². The molecule has 1 aliphatic heterocycles. The lowest BCUT2D eigenvalue weighted by Crippen LogP contribution is -2.31. The van der Waals surface area contributed by atoms with Gasteiger partial charge >= 0.3 is 6.18 Å². The molecule has 1 unspecified atom stereocenters. The minimum Gasteiger partial charge on any atom is -0.494 e. The van der Waals surface area contributed by atoms with Crippen molar-refractivity contribution >= 4 is 55.6 Å². The summed E-state index contributed by atoms with van der Waals surface area (Å²) in [4.78, 5) is 21.0. The van der Waals surface area contributed by atoms with Gasteiger partial charge in [-0.25, -0.2) is 13.4 Å². The van der Waals surface area contributed by atoms with E-state index in [-0.39, 0.29) is 22.8 Å². The Hall–Kier alpha value is -4.44. The second-order valence-corrected chi connectivity index (χ2v) is 13.0. The first kappa shape index (κ1) is 32.0. The molecule has 0 aliphatic carbocycles. The largest absolute Gasteiger partial charge is 0.494 e. The van der Waals surface area contributed by atoms with Gasteiger partial charge in [-0.3, -0.25) is 14.3 Å². The molecule has 0 saturated carbocycles. The predicted molar refractivity (Wildman–Crippen MR) is 168 cm³/mol. The first-order chi connectivity index (χ1) is 21.2. The van der Waals surface area contributed by atoms with Crippen molar-refractivity contribution in [3.05, 3.63) is 54.0 Å². The third-order valence-electron chi connectivity index (χ3n) is 7.77. The Morgan fingerprint density at radius 2 is 1.78 bits per heavy atom. The van der Waals surface area contributed by atoms with Crippen LogP contribution < -0.4 is 24.6 Å². The summed E-state index contributed by atoms with van der Waals surface area (Å²) in [5.41, 5.74) is 1.81. The molecule has 45 heavy (non-hydrogen) atoms. The summed E-state index contributed by atoms with van der Waals surface area (Å²) < 4.78 is 74.1. The topological polar surface area (TPSA) is 129 Å². The van der Waals surface area contributed by atoms with Crippen molar-refractivity contribution in [2.75, 3.05) is 67.4 Å². The third-order valence-corrected chi connectivity index (χ3v) is 8.95. The Labute approximate surface area is 259 Å². The molecule has 4 aromatic rings. The number of anilines is 6. The number of hydrogen-bond acceptors (Lipinski definition) is 11. The SMILES string of the molecule is COc1cc(N2CCC(N(C)C)C2)c(C)cc1Nc1ncc(C(F)(F)F)c(Nc2ccc3nccnc3c2N(C)S(C)(=O)=O)n1. The van der Waals surface area contributed by atoms with Crippen LogP contribution in [0.5, 0.6) is 5.75 Å². The van der Waals surface area contributed by atoms with Gasteiger partial charge in [0.05, 0.1) is 30.3 Å². The summed E-state index contributed by atoms with van der Waals surface area (Å²) >= 11 is 0. The van der Waals surface area contributed by atoms with Crippen LogP contribution in [-0.4, -0.2) is 86.9 Å². The van der Waals surface area contributed by atoms with Crippen LogP contribution in [0.25, 0.3) is 11.0 Å². The molecule has 3 heterocycles. The van der Waals surface area contributed by atoms with Crippen LogP contribution in [0.4, 0.5) is 47.7 Å². The van der Waals surface area contributed by atoms with Crippen LogP contribution >= 0.6 is 0 Å². The summed E-state index contributed by atoms with van der Waals surface area (Å²) in [6, 6.07) is 7.10. The van der Waals surface area contributed by atoms with Crippen LogP contribution in [-0.2, 0) is 16.2 Å². The van der Waals surface area contributed by atoms with Crippen LogP contribution in [0.15, 0.2) is 42.9 Å². The van der Waals surface area contributed by atoms with Crippen molar-refractivity contribution in [1.82, 2.24) is 24.8 Å². The fraction of sp³-hybridized carbons (Fsp3) is 0.379. The zero-order chi connectivity index (χ0) is 32.7. The number of alkyl halides is 3. The maximum absolute atomic E-state index is 14.2. The second-order valence-electron chi connectivity index (χ2n) is 11.0. The maximum atomic E-state index is 14.2. The number of halogens is 3. The van der Waals surface area contributed by atoms with Gasteiger partial charge in [-0.1, -0.05) is 0 Å². The van der Waals surface area contributed by atoms with E-state index >= 15 is 0 Å². The highest BCUT2D eigenvalue weighted by Gasteiger charge is 2.36. The lowest BCUT2D eigenvalue weighted by molar-refractivity contribution is -0.137. The first-order valence-electron chi connectivity index (χ1n) is 13.9. The summed E-state index contributed by atoms with van der Waals surface area (Å²) in [5.74, 6) is -0.263. The molecule has 2 aromatic carbocycles. The number of sulfonamides is 1. The van der Waals surface area contributed by atoms with Crippen molar-refractivity contribution in [2.45, 2.75) is 25.6 Å². The Kier molecular flexibility index (Phi) is 8.64. The molecule has 240 valence electrons. The highest BCUT2D eigenvalue weighted by Crippen LogP contribution is 2.41. The molecule has 16 heteroatoms. The molecule has 0 spiro atoms. The summed E-state index contributed by atoms with van der Waals surface area (Å²) in [6.45, 7) is 3.69. The van der Waals surface area contributed by atoms with Crippen molar-refractivity contribution in [1.29, 1.82) is 0 Å². The predicted octanol–water partition coefficient (Wildman–Crippen LogP) is 4.78. The highest BCUT2D eigenvalue weighted by molar-refractivity contribution is 7.92. The van der Waals surface area contributed by atoms with Gasteiger partial charge in [0.15, 0.2) is 0 Å². The number of aromatic nitrogens is 4. The van der Waals surface area contributed by atoms with Crippen LogP contribution in [0.1, 0.15) is 17.5 Å². The van der Waals surface area contributed by atoms with Crippen LogP contribution in [0.3, 0.4) is 0 Å². The first-order valence-corrected chi connectivity index (χ1v) is 15.8. The molecule has 12 nitrogen and oxygen atoms in total. The molecule has 0 amide bonds. The van der Waals surface area contributed by atoms with Crippen molar-refractivity contribution in [3.8, 4) is 5.75 Å². The van der Waals surface area contributed by atoms with E-state index < -0.39 is 27.6 Å². The van der Waals surface area contributed by atoms with E-state index in [1.807, 2.05) is 19.1 Å². The summed E-state index contributed by atoms with van der Waals surface area (Å²) in [6.07, 6.45) is 0.636. The fourth-order valence-electron chi connectivity index (χ4n) is 5.27. The van der Waals surface area contributed by atoms with Gasteiger partial charge in [0.2, 0.25) is 16.0 Å². The molecule has 2 aromatic heterocycles. The monoisotopic (exact) mass is 645 g/mol. The maximum Gasteiger partial charge on any atom is 0.421 e. The summed E-state index contributed by atoms with van der Waals surface area (Å²) in [5, 5.41) is 5.69. The number of benzene rings is 2. The Bertz CT molecular complexity index is 1840. The lowest BCUT2D eigenvalue weighted by Gasteiger charge is -2.25. The minimum absolute atomic E-state index is 0.00986. The number of aryl methyl sites for hydroxylation is 1. The molecular formula is C29H34F3N9O3S. The van der Waals surface area contributed by atoms with Crippen molar-refractivity contribution in [3.63, 3.8) is 0 Å². The molecule has 0 radical (unpaired) electrons. The smallest absolute Gasteiger partial charge is 0.421 e. The number of rotatable bonds is 9. The minimum atomic E-state index is -4.82. The fourth-order valence-corrected chi connectivity index (χ4v) is 5.78. The van der Waals surface area contributed by atoms with E-state index in [1.54, 1.807) is 0 Å². The Balaban J connectivity index is 1.54. The van der Waals surface area contributed by atoms with Crippen LogP contribution in [0, 0.1) is 6.92 Å². The third kappa shape index (κ3) is 6.66. The van der Waals surface area contributed by atoms with E-state index in [0.29, 0.717) is 29.2 Å². The van der Waals surface area contributed by atoms with E-state index in [4.69, 9.17) is 4.74 Å². The molecular weight excluding hydrogens is 611 g/mol. The zero-order valence-electron chi connectivity index (χ0n) is 25.6. The molecule has 1 fully saturated rings. The average molecular weight is 646 g/mol. The summed E-state index contributed by atoms with van der Waals surface area (Å²) in [7, 11) is 3.06. The molecule has 1 saturated heterocycles. The highest BCUT2D eigenvalue weighted by atomic mass is 32.2. The van der Waals surface area contributed by atoms with Crippen LogP contribution in [0.2, 0.25) is 0 Å². The second kappa shape index (κ2) is 12.2. The molecule has 0 bridgehead atoms. The number of methoxy groups -OCH3 is 1. The van der Waals surface area contributed by atoms with Gasteiger partial charge < -0.3 is 25.2 Å². The van der Waals surface area contributed by atoms with Gasteiger partial charge in [-0.05, 0) is 51.2 Å². The van der Waals surface area contributed by atoms with E-state index in [1.165, 1.54) is 38.7 Å². The normalized spacial score (nSPS) is 15.5. The van der Waals surface area contributed by atoms with Gasteiger partial charge in [0.1, 0.15) is 28.3 Å². The Morgan fingerprint density at radius 3 is 2.42 bits per heavy atom. The number of ether oxygens (including phenoxy) is 1. The Morgan fingerprint density at radius 1 is 1.04 bits per heavy atom. The lowest BCUT2D eigenvalue weighted by atomic mass is 10.1. The molecule has 1 aliphatic rings. The number of nitrogens with zero attached hydrogens (tertiary/aromatic N) is 7.